The van der Waals surface area contributed by atoms with Crippen molar-refractivity contribution in [2.45, 2.75) is 19.5 Å². The average molecular weight is 316 g/mol. The maximum absolute atomic E-state index is 12.8. The summed E-state index contributed by atoms with van der Waals surface area (Å²) in [4.78, 5) is 4.32. The molecule has 1 aliphatic carbocycles. The van der Waals surface area contributed by atoms with Crippen molar-refractivity contribution in [3.63, 3.8) is 0 Å². The topological polar surface area (TPSA) is 24.9 Å². The third-order valence-corrected chi connectivity index (χ3v) is 3.64. The van der Waals surface area contributed by atoms with Crippen LogP contribution in [0.5, 0.6) is 0 Å². The Bertz CT molecular complexity index is 830. The number of hydrogen-bond donors (Lipinski definition) is 1. The van der Waals surface area contributed by atoms with Gasteiger partial charge in [0, 0.05) is 28.5 Å². The van der Waals surface area contributed by atoms with Crippen LogP contribution in [0.1, 0.15) is 12.0 Å². The summed E-state index contributed by atoms with van der Waals surface area (Å²) >= 11 is 0. The molecule has 0 saturated carbocycles. The van der Waals surface area contributed by atoms with Crippen LogP contribution < -0.4 is 5.32 Å². The van der Waals surface area contributed by atoms with E-state index in [9.17, 15) is 13.2 Å². The monoisotopic (exact) mass is 316 g/mol. The highest BCUT2D eigenvalue weighted by Crippen LogP contribution is 2.30. The van der Waals surface area contributed by atoms with Gasteiger partial charge in [-0.25, -0.2) is 0 Å². The number of aromatic nitrogens is 1. The summed E-state index contributed by atoms with van der Waals surface area (Å²) in [6, 6.07) is 7.72. The molecule has 118 valence electrons. The van der Waals surface area contributed by atoms with E-state index < -0.39 is 11.7 Å². The quantitative estimate of drug-likeness (QED) is 0.814. The van der Waals surface area contributed by atoms with Gasteiger partial charge >= 0.3 is 6.18 Å². The van der Waals surface area contributed by atoms with Gasteiger partial charge in [0.1, 0.15) is 0 Å². The highest BCUT2D eigenvalue weighted by molar-refractivity contribution is 5.92. The SMILES string of the molecule is Cc1ccc2c(NC3=CC=C(C(F)(F)F)CC=C3)ccnc2c1. The summed E-state index contributed by atoms with van der Waals surface area (Å²) in [6.07, 6.45) is 3.01. The number of allylic oxidation sites excluding steroid dienone is 5. The number of nitrogens with one attached hydrogen (secondary N) is 1. The lowest BCUT2D eigenvalue weighted by atomic mass is 10.1. The molecule has 1 N–H and O–H groups in total. The summed E-state index contributed by atoms with van der Waals surface area (Å²) in [6.45, 7) is 1.99. The largest absolute Gasteiger partial charge is 0.412 e. The van der Waals surface area contributed by atoms with Gasteiger partial charge in [-0.1, -0.05) is 24.3 Å². The molecule has 2 aromatic rings. The molecule has 1 heterocycles. The molecule has 0 radical (unpaired) electrons. The lowest BCUT2D eigenvalue weighted by Crippen LogP contribution is -2.10. The first-order valence-corrected chi connectivity index (χ1v) is 7.20. The van der Waals surface area contributed by atoms with Gasteiger partial charge in [-0.2, -0.15) is 13.2 Å². The Hall–Kier alpha value is -2.56. The summed E-state index contributed by atoms with van der Waals surface area (Å²) in [5.41, 5.74) is 2.82. The van der Waals surface area contributed by atoms with Crippen molar-refractivity contribution in [1.29, 1.82) is 0 Å². The van der Waals surface area contributed by atoms with Crippen molar-refractivity contribution in [2.75, 3.05) is 5.32 Å². The van der Waals surface area contributed by atoms with Crippen LogP contribution >= 0.6 is 0 Å². The second-order valence-corrected chi connectivity index (χ2v) is 5.42. The molecule has 0 saturated heterocycles. The van der Waals surface area contributed by atoms with Crippen LogP contribution in [0.25, 0.3) is 10.9 Å². The minimum absolute atomic E-state index is 0.124. The lowest BCUT2D eigenvalue weighted by molar-refractivity contribution is -0.0928. The van der Waals surface area contributed by atoms with Crippen LogP contribution in [0.4, 0.5) is 18.9 Å². The zero-order valence-corrected chi connectivity index (χ0v) is 12.5. The number of halogens is 3. The van der Waals surface area contributed by atoms with Crippen molar-refractivity contribution < 1.29 is 13.2 Å². The van der Waals surface area contributed by atoms with Crippen molar-refractivity contribution in [1.82, 2.24) is 4.98 Å². The van der Waals surface area contributed by atoms with Crippen LogP contribution in [0.3, 0.4) is 0 Å². The first-order valence-electron chi connectivity index (χ1n) is 7.20. The van der Waals surface area contributed by atoms with E-state index in [4.69, 9.17) is 0 Å². The summed E-state index contributed by atoms with van der Waals surface area (Å²) in [5.74, 6) is 0. The third-order valence-electron chi connectivity index (χ3n) is 3.64. The number of aryl methyl sites for hydroxylation is 1. The molecule has 1 aromatic carbocycles. The first-order chi connectivity index (χ1) is 10.9. The molecular weight excluding hydrogens is 301 g/mol. The van der Waals surface area contributed by atoms with E-state index in [1.165, 1.54) is 12.2 Å². The second-order valence-electron chi connectivity index (χ2n) is 5.42. The van der Waals surface area contributed by atoms with Gasteiger partial charge in [0.2, 0.25) is 0 Å². The number of hydrogen-bond acceptors (Lipinski definition) is 2. The Balaban J connectivity index is 1.93. The number of pyridine rings is 1. The predicted octanol–water partition coefficient (Wildman–Crippen LogP) is 5.29. The molecule has 0 bridgehead atoms. The fourth-order valence-electron chi connectivity index (χ4n) is 2.44. The van der Waals surface area contributed by atoms with Crippen molar-refractivity contribution >= 4 is 16.6 Å². The third kappa shape index (κ3) is 3.44. The zero-order chi connectivity index (χ0) is 16.4. The fraction of sp³-hybridized carbons (Fsp3) is 0.167. The van der Waals surface area contributed by atoms with Crippen molar-refractivity contribution in [2.24, 2.45) is 0 Å². The molecule has 2 nitrogen and oxygen atoms in total. The minimum atomic E-state index is -4.29. The summed E-state index contributed by atoms with van der Waals surface area (Å²) in [5, 5.41) is 4.11. The van der Waals surface area contributed by atoms with Crippen LogP contribution in [0, 0.1) is 6.92 Å². The van der Waals surface area contributed by atoms with Gasteiger partial charge in [-0.05, 0) is 43.2 Å². The Labute approximate surface area is 132 Å². The van der Waals surface area contributed by atoms with Gasteiger partial charge in [0.25, 0.3) is 0 Å². The maximum Gasteiger partial charge on any atom is 0.412 e. The molecule has 0 aliphatic heterocycles. The smallest absolute Gasteiger partial charge is 0.355 e. The highest BCUT2D eigenvalue weighted by Gasteiger charge is 2.32. The van der Waals surface area contributed by atoms with Crippen molar-refractivity contribution in [3.8, 4) is 0 Å². The fourth-order valence-corrected chi connectivity index (χ4v) is 2.44. The average Bonchev–Trinajstić information content (AvgIpc) is 2.72. The number of rotatable bonds is 2. The molecule has 0 amide bonds. The highest BCUT2D eigenvalue weighted by atomic mass is 19.4. The van der Waals surface area contributed by atoms with Crippen LogP contribution in [0.2, 0.25) is 0 Å². The van der Waals surface area contributed by atoms with E-state index in [2.05, 4.69) is 10.3 Å². The first kappa shape index (κ1) is 15.3. The number of benzene rings is 1. The number of alkyl halides is 3. The second kappa shape index (κ2) is 5.91. The van der Waals surface area contributed by atoms with E-state index in [0.29, 0.717) is 5.70 Å². The van der Waals surface area contributed by atoms with E-state index in [0.717, 1.165) is 28.2 Å². The molecule has 1 aliphatic rings. The Morgan fingerprint density at radius 1 is 1.13 bits per heavy atom. The molecule has 5 heteroatoms. The molecule has 1 aromatic heterocycles. The van der Waals surface area contributed by atoms with Gasteiger partial charge in [0.15, 0.2) is 0 Å². The van der Waals surface area contributed by atoms with E-state index in [1.54, 1.807) is 12.3 Å². The molecule has 0 unspecified atom stereocenters. The van der Waals surface area contributed by atoms with Gasteiger partial charge in [0.05, 0.1) is 5.52 Å². The Morgan fingerprint density at radius 3 is 2.74 bits per heavy atom. The number of fused-ring (bicyclic) bond motifs is 1. The van der Waals surface area contributed by atoms with E-state index >= 15 is 0 Å². The van der Waals surface area contributed by atoms with Crippen molar-refractivity contribution in [3.05, 3.63) is 71.6 Å². The number of anilines is 1. The zero-order valence-electron chi connectivity index (χ0n) is 12.5. The predicted molar refractivity (Wildman–Crippen MR) is 86.1 cm³/mol. The molecular formula is C18H15F3N2. The number of nitrogens with zero attached hydrogens (tertiary/aromatic N) is 1. The van der Waals surface area contributed by atoms with E-state index in [-0.39, 0.29) is 6.42 Å². The standard InChI is InChI=1S/C18H15F3N2/c1-12-5-8-15-16(9-10-22-17(15)11-12)23-14-4-2-3-13(6-7-14)18(19,20)21/h2,4-11H,3H2,1H3,(H,22,23). The van der Waals surface area contributed by atoms with E-state index in [1.807, 2.05) is 31.2 Å². The summed E-state index contributed by atoms with van der Waals surface area (Å²) in [7, 11) is 0. The molecule has 0 atom stereocenters. The molecule has 0 spiro atoms. The van der Waals surface area contributed by atoms with Gasteiger partial charge in [-0.3, -0.25) is 4.98 Å². The Morgan fingerprint density at radius 2 is 1.96 bits per heavy atom. The van der Waals surface area contributed by atoms with Crippen LogP contribution in [-0.4, -0.2) is 11.2 Å². The summed E-state index contributed by atoms with van der Waals surface area (Å²) < 4.78 is 38.3. The minimum Gasteiger partial charge on any atom is -0.355 e. The Kier molecular flexibility index (Phi) is 3.94. The molecule has 0 fully saturated rings. The normalized spacial score (nSPS) is 15.1. The maximum atomic E-state index is 12.8. The van der Waals surface area contributed by atoms with Gasteiger partial charge < -0.3 is 5.32 Å². The molecule has 23 heavy (non-hydrogen) atoms. The lowest BCUT2D eigenvalue weighted by Gasteiger charge is -2.10. The van der Waals surface area contributed by atoms with Gasteiger partial charge in [-0.15, -0.1) is 0 Å². The molecule has 3 rings (SSSR count). The van der Waals surface area contributed by atoms with Crippen LogP contribution in [-0.2, 0) is 0 Å². The van der Waals surface area contributed by atoms with Crippen LogP contribution in [0.15, 0.2) is 66.0 Å².